The summed E-state index contributed by atoms with van der Waals surface area (Å²) in [6.07, 6.45) is 6.83. The number of aromatic nitrogens is 2. The quantitative estimate of drug-likeness (QED) is 0.478. The third kappa shape index (κ3) is 1.77. The Balaban J connectivity index is 2.67. The zero-order valence-electron chi connectivity index (χ0n) is 6.23. The second-order valence-electron chi connectivity index (χ2n) is 2.17. The van der Waals surface area contributed by atoms with Gasteiger partial charge < -0.3 is 4.57 Å². The summed E-state index contributed by atoms with van der Waals surface area (Å²) in [5, 5.41) is 0. The van der Waals surface area contributed by atoms with Crippen molar-refractivity contribution in [3.8, 4) is 0 Å². The Morgan fingerprint density at radius 2 is 2.55 bits per heavy atom. The average Bonchev–Trinajstić information content (AvgIpc) is 2.47. The minimum absolute atomic E-state index is 0.479. The van der Waals surface area contributed by atoms with Crippen molar-refractivity contribution in [2.75, 3.05) is 0 Å². The summed E-state index contributed by atoms with van der Waals surface area (Å²) in [5.74, 6) is 0.479. The highest BCUT2D eigenvalue weighted by Gasteiger charge is 1.97. The maximum absolute atomic E-state index is 10.3. The van der Waals surface area contributed by atoms with Gasteiger partial charge in [0.1, 0.15) is 0 Å². The predicted octanol–water partition coefficient (Wildman–Crippen LogP) is 1.27. The molecule has 0 aliphatic heterocycles. The number of carbonyl (C=O) groups is 1. The van der Waals surface area contributed by atoms with E-state index in [0.717, 1.165) is 19.3 Å². The topological polar surface area (TPSA) is 34.9 Å². The number of aryl methyl sites for hydroxylation is 1. The number of nitrogens with zero attached hydrogens (tertiary/aromatic N) is 2. The fourth-order valence-corrected chi connectivity index (χ4v) is 0.858. The van der Waals surface area contributed by atoms with E-state index in [-0.39, 0.29) is 0 Å². The van der Waals surface area contributed by atoms with Crippen LogP contribution in [0.3, 0.4) is 0 Å². The summed E-state index contributed by atoms with van der Waals surface area (Å²) in [4.78, 5) is 14.2. The van der Waals surface area contributed by atoms with E-state index in [1.54, 1.807) is 17.0 Å². The zero-order chi connectivity index (χ0) is 8.10. The van der Waals surface area contributed by atoms with Gasteiger partial charge in [0.25, 0.3) is 0 Å². The first-order chi connectivity index (χ1) is 5.38. The molecular formula is C8H10N2O. The summed E-state index contributed by atoms with van der Waals surface area (Å²) in [7, 11) is 0. The number of rotatable bonds is 4. The van der Waals surface area contributed by atoms with E-state index in [1.165, 1.54) is 0 Å². The molecule has 0 saturated heterocycles. The van der Waals surface area contributed by atoms with E-state index >= 15 is 0 Å². The highest BCUT2D eigenvalue weighted by Crippen LogP contribution is 1.96. The van der Waals surface area contributed by atoms with Crippen LogP contribution >= 0.6 is 0 Å². The van der Waals surface area contributed by atoms with Gasteiger partial charge in [0.15, 0.2) is 12.1 Å². The van der Waals surface area contributed by atoms with Gasteiger partial charge in [-0.3, -0.25) is 4.79 Å². The van der Waals surface area contributed by atoms with Crippen LogP contribution in [0.25, 0.3) is 0 Å². The van der Waals surface area contributed by atoms with Crippen LogP contribution in [-0.2, 0) is 6.54 Å². The molecule has 3 heteroatoms. The molecule has 0 radical (unpaired) electrons. The molecule has 0 N–H and O–H groups in total. The first kappa shape index (κ1) is 7.72. The molecule has 0 atom stereocenters. The number of carbonyl (C=O) groups excluding carboxylic acids is 1. The Hall–Kier alpha value is -1.38. The summed E-state index contributed by atoms with van der Waals surface area (Å²) in [6, 6.07) is 0. The molecule has 0 aliphatic carbocycles. The highest BCUT2D eigenvalue weighted by molar-refractivity contribution is 5.69. The second kappa shape index (κ2) is 3.71. The van der Waals surface area contributed by atoms with Gasteiger partial charge in [0.05, 0.1) is 0 Å². The number of hydrogen-bond donors (Lipinski definition) is 0. The van der Waals surface area contributed by atoms with Gasteiger partial charge in [-0.25, -0.2) is 4.98 Å². The molecule has 0 bridgehead atoms. The largest absolute Gasteiger partial charge is 0.328 e. The fourth-order valence-electron chi connectivity index (χ4n) is 0.858. The van der Waals surface area contributed by atoms with Gasteiger partial charge in [-0.1, -0.05) is 6.08 Å². The Labute approximate surface area is 65.4 Å². The molecule has 0 spiro atoms. The SMILES string of the molecule is C=CCCn1ccnc1C=O. The van der Waals surface area contributed by atoms with Crippen LogP contribution in [0.2, 0.25) is 0 Å². The molecule has 0 saturated carbocycles. The lowest BCUT2D eigenvalue weighted by atomic mass is 10.4. The molecule has 11 heavy (non-hydrogen) atoms. The van der Waals surface area contributed by atoms with E-state index in [4.69, 9.17) is 0 Å². The maximum Gasteiger partial charge on any atom is 0.185 e. The van der Waals surface area contributed by atoms with Crippen molar-refractivity contribution in [2.24, 2.45) is 0 Å². The zero-order valence-corrected chi connectivity index (χ0v) is 6.23. The van der Waals surface area contributed by atoms with E-state index < -0.39 is 0 Å². The third-order valence-electron chi connectivity index (χ3n) is 1.43. The molecule has 1 heterocycles. The molecule has 58 valence electrons. The Morgan fingerprint density at radius 3 is 3.18 bits per heavy atom. The van der Waals surface area contributed by atoms with Crippen LogP contribution in [0.1, 0.15) is 17.0 Å². The average molecular weight is 150 g/mol. The lowest BCUT2D eigenvalue weighted by Gasteiger charge is -1.98. The molecule has 0 amide bonds. The molecule has 1 rings (SSSR count). The lowest BCUT2D eigenvalue weighted by molar-refractivity contribution is 0.111. The molecule has 0 fully saturated rings. The number of hydrogen-bond acceptors (Lipinski definition) is 2. The van der Waals surface area contributed by atoms with Crippen molar-refractivity contribution in [2.45, 2.75) is 13.0 Å². The summed E-state index contributed by atoms with van der Waals surface area (Å²) < 4.78 is 1.80. The van der Waals surface area contributed by atoms with Gasteiger partial charge in [-0.05, 0) is 6.42 Å². The Kier molecular flexibility index (Phi) is 2.60. The van der Waals surface area contributed by atoms with Gasteiger partial charge >= 0.3 is 0 Å². The molecule has 0 unspecified atom stereocenters. The van der Waals surface area contributed by atoms with E-state index in [1.807, 2.05) is 6.08 Å². The Bertz CT molecular complexity index is 252. The second-order valence-corrected chi connectivity index (χ2v) is 2.17. The van der Waals surface area contributed by atoms with Gasteiger partial charge in [-0.15, -0.1) is 6.58 Å². The maximum atomic E-state index is 10.3. The van der Waals surface area contributed by atoms with Crippen LogP contribution in [-0.4, -0.2) is 15.8 Å². The monoisotopic (exact) mass is 150 g/mol. The molecule has 1 aromatic heterocycles. The van der Waals surface area contributed by atoms with Crippen molar-refractivity contribution < 1.29 is 4.79 Å². The summed E-state index contributed by atoms with van der Waals surface area (Å²) >= 11 is 0. The van der Waals surface area contributed by atoms with Gasteiger partial charge in [0.2, 0.25) is 0 Å². The van der Waals surface area contributed by atoms with Crippen molar-refractivity contribution in [3.63, 3.8) is 0 Å². The lowest BCUT2D eigenvalue weighted by Crippen LogP contribution is -2.00. The molecular weight excluding hydrogens is 140 g/mol. The summed E-state index contributed by atoms with van der Waals surface area (Å²) in [6.45, 7) is 4.37. The van der Waals surface area contributed by atoms with Crippen molar-refractivity contribution >= 4 is 6.29 Å². The van der Waals surface area contributed by atoms with Crippen LogP contribution in [0.4, 0.5) is 0 Å². The number of allylic oxidation sites excluding steroid dienone is 1. The van der Waals surface area contributed by atoms with Crippen LogP contribution in [0.15, 0.2) is 25.0 Å². The van der Waals surface area contributed by atoms with Crippen molar-refractivity contribution in [3.05, 3.63) is 30.9 Å². The Morgan fingerprint density at radius 1 is 1.73 bits per heavy atom. The fraction of sp³-hybridized carbons (Fsp3) is 0.250. The summed E-state index contributed by atoms with van der Waals surface area (Å²) in [5.41, 5.74) is 0. The van der Waals surface area contributed by atoms with Crippen molar-refractivity contribution in [1.82, 2.24) is 9.55 Å². The predicted molar refractivity (Wildman–Crippen MR) is 42.4 cm³/mol. The van der Waals surface area contributed by atoms with Crippen LogP contribution in [0, 0.1) is 0 Å². The van der Waals surface area contributed by atoms with Crippen LogP contribution < -0.4 is 0 Å². The molecule has 0 aliphatic rings. The first-order valence-electron chi connectivity index (χ1n) is 3.45. The van der Waals surface area contributed by atoms with Gasteiger partial charge in [0, 0.05) is 18.9 Å². The molecule has 3 nitrogen and oxygen atoms in total. The van der Waals surface area contributed by atoms with Gasteiger partial charge in [-0.2, -0.15) is 0 Å². The first-order valence-corrected chi connectivity index (χ1v) is 3.45. The minimum Gasteiger partial charge on any atom is -0.328 e. The molecule has 0 aromatic carbocycles. The van der Waals surface area contributed by atoms with E-state index in [2.05, 4.69) is 11.6 Å². The molecule has 1 aromatic rings. The van der Waals surface area contributed by atoms with Crippen LogP contribution in [0.5, 0.6) is 0 Å². The van der Waals surface area contributed by atoms with E-state index in [9.17, 15) is 4.79 Å². The minimum atomic E-state index is 0.479. The third-order valence-corrected chi connectivity index (χ3v) is 1.43. The van der Waals surface area contributed by atoms with E-state index in [0.29, 0.717) is 5.82 Å². The normalized spacial score (nSPS) is 9.45. The number of imidazole rings is 1. The smallest absolute Gasteiger partial charge is 0.185 e. The standard InChI is InChI=1S/C8H10N2O/c1-2-3-5-10-6-4-9-8(10)7-11/h2,4,6-7H,1,3,5H2. The number of aldehydes is 1. The highest BCUT2D eigenvalue weighted by atomic mass is 16.1. The van der Waals surface area contributed by atoms with Crippen molar-refractivity contribution in [1.29, 1.82) is 0 Å².